The minimum absolute atomic E-state index is 0.161. The lowest BCUT2D eigenvalue weighted by Gasteiger charge is -2.14. The molecule has 22 heavy (non-hydrogen) atoms. The van der Waals surface area contributed by atoms with Crippen LogP contribution in [-0.4, -0.2) is 37.4 Å². The number of benzene rings is 1. The molecule has 1 aliphatic heterocycles. The number of methoxy groups -OCH3 is 1. The summed E-state index contributed by atoms with van der Waals surface area (Å²) >= 11 is 5.10. The Morgan fingerprint density at radius 3 is 2.77 bits per heavy atom. The maximum atomic E-state index is 11.8. The van der Waals surface area contributed by atoms with E-state index in [4.69, 9.17) is 21.7 Å². The molecule has 0 radical (unpaired) electrons. The SMILES string of the molecule is COc1ccc(CC(=O)NNC(=S)NC[C@@H]2CCCO2)cc1. The number of carbonyl (C=O) groups is 1. The fourth-order valence-corrected chi connectivity index (χ4v) is 2.29. The molecule has 120 valence electrons. The standard InChI is InChI=1S/C15H21N3O3S/c1-20-12-6-4-11(5-7-12)9-14(19)17-18-15(22)16-10-13-3-2-8-21-13/h4-7,13H,2-3,8-10H2,1H3,(H,17,19)(H2,16,18,22)/t13-/m0/s1. The van der Waals surface area contributed by atoms with E-state index in [1.165, 1.54) is 0 Å². The molecule has 0 aromatic heterocycles. The Hall–Kier alpha value is -1.86. The minimum atomic E-state index is -0.161. The summed E-state index contributed by atoms with van der Waals surface area (Å²) in [5, 5.41) is 3.41. The van der Waals surface area contributed by atoms with Crippen LogP contribution < -0.4 is 20.9 Å². The van der Waals surface area contributed by atoms with Crippen molar-refractivity contribution in [3.63, 3.8) is 0 Å². The molecule has 1 atom stereocenters. The van der Waals surface area contributed by atoms with Crippen LogP contribution >= 0.6 is 12.2 Å². The highest BCUT2D eigenvalue weighted by atomic mass is 32.1. The number of hydrogen-bond acceptors (Lipinski definition) is 4. The largest absolute Gasteiger partial charge is 0.497 e. The van der Waals surface area contributed by atoms with Crippen molar-refractivity contribution in [2.24, 2.45) is 0 Å². The number of rotatable bonds is 5. The van der Waals surface area contributed by atoms with Gasteiger partial charge in [-0.1, -0.05) is 12.1 Å². The van der Waals surface area contributed by atoms with Crippen LogP contribution in [0, 0.1) is 0 Å². The molecule has 3 N–H and O–H groups in total. The Kier molecular flexibility index (Phi) is 6.42. The van der Waals surface area contributed by atoms with Gasteiger partial charge in [-0.15, -0.1) is 0 Å². The van der Waals surface area contributed by atoms with E-state index < -0.39 is 0 Å². The molecule has 7 heteroatoms. The molecule has 1 fully saturated rings. The molecule has 0 saturated carbocycles. The summed E-state index contributed by atoms with van der Waals surface area (Å²) in [7, 11) is 1.61. The zero-order chi connectivity index (χ0) is 15.8. The molecular formula is C15H21N3O3S. The quantitative estimate of drug-likeness (QED) is 0.553. The third-order valence-electron chi connectivity index (χ3n) is 3.35. The van der Waals surface area contributed by atoms with Gasteiger partial charge in [0.15, 0.2) is 5.11 Å². The third kappa shape index (κ3) is 5.50. The monoisotopic (exact) mass is 323 g/mol. The lowest BCUT2D eigenvalue weighted by Crippen LogP contribution is -2.48. The second-order valence-electron chi connectivity index (χ2n) is 5.04. The van der Waals surface area contributed by atoms with Crippen LogP contribution in [0.2, 0.25) is 0 Å². The van der Waals surface area contributed by atoms with E-state index in [0.29, 0.717) is 11.7 Å². The molecule has 1 heterocycles. The number of nitrogens with one attached hydrogen (secondary N) is 3. The van der Waals surface area contributed by atoms with E-state index in [9.17, 15) is 4.79 Å². The van der Waals surface area contributed by atoms with Crippen molar-refractivity contribution < 1.29 is 14.3 Å². The molecule has 1 aliphatic rings. The number of amides is 1. The van der Waals surface area contributed by atoms with Gasteiger partial charge in [0.05, 0.1) is 19.6 Å². The number of hydrogen-bond donors (Lipinski definition) is 3. The molecule has 1 aromatic carbocycles. The van der Waals surface area contributed by atoms with Gasteiger partial charge in [-0.2, -0.15) is 0 Å². The smallest absolute Gasteiger partial charge is 0.242 e. The predicted octanol–water partition coefficient (Wildman–Crippen LogP) is 0.912. The van der Waals surface area contributed by atoms with Gasteiger partial charge in [0.1, 0.15) is 5.75 Å². The van der Waals surface area contributed by atoms with Gasteiger partial charge in [0, 0.05) is 13.2 Å². The van der Waals surface area contributed by atoms with Gasteiger partial charge in [-0.25, -0.2) is 0 Å². The molecule has 0 unspecified atom stereocenters. The van der Waals surface area contributed by atoms with Crippen LogP contribution in [0.3, 0.4) is 0 Å². The Bertz CT molecular complexity index is 501. The van der Waals surface area contributed by atoms with E-state index in [-0.39, 0.29) is 18.4 Å². The average Bonchev–Trinajstić information content (AvgIpc) is 3.05. The highest BCUT2D eigenvalue weighted by Gasteiger charge is 2.15. The van der Waals surface area contributed by atoms with Crippen LogP contribution in [0.1, 0.15) is 18.4 Å². The van der Waals surface area contributed by atoms with Crippen LogP contribution in [-0.2, 0) is 16.0 Å². The van der Waals surface area contributed by atoms with E-state index in [1.54, 1.807) is 7.11 Å². The predicted molar refractivity (Wildman–Crippen MR) is 87.6 cm³/mol. The first-order chi connectivity index (χ1) is 10.7. The maximum Gasteiger partial charge on any atom is 0.242 e. The summed E-state index contributed by atoms with van der Waals surface area (Å²) in [5.74, 6) is 0.605. The van der Waals surface area contributed by atoms with E-state index in [2.05, 4.69) is 16.2 Å². The first-order valence-electron chi connectivity index (χ1n) is 7.24. The van der Waals surface area contributed by atoms with E-state index in [1.807, 2.05) is 24.3 Å². The number of carbonyl (C=O) groups excluding carboxylic acids is 1. The fraction of sp³-hybridized carbons (Fsp3) is 0.467. The van der Waals surface area contributed by atoms with E-state index >= 15 is 0 Å². The lowest BCUT2D eigenvalue weighted by molar-refractivity contribution is -0.121. The van der Waals surface area contributed by atoms with Crippen molar-refractivity contribution in [1.29, 1.82) is 0 Å². The summed E-state index contributed by atoms with van der Waals surface area (Å²) in [4.78, 5) is 11.8. The first kappa shape index (κ1) is 16.5. The van der Waals surface area contributed by atoms with Crippen molar-refractivity contribution in [1.82, 2.24) is 16.2 Å². The van der Waals surface area contributed by atoms with E-state index in [0.717, 1.165) is 30.8 Å². The summed E-state index contributed by atoms with van der Waals surface area (Å²) in [6.45, 7) is 1.46. The van der Waals surface area contributed by atoms with Gasteiger partial charge in [-0.3, -0.25) is 15.6 Å². The third-order valence-corrected chi connectivity index (χ3v) is 3.60. The Morgan fingerprint density at radius 1 is 1.36 bits per heavy atom. The fourth-order valence-electron chi connectivity index (χ4n) is 2.16. The number of thiocarbonyl (C=S) groups is 1. The summed E-state index contributed by atoms with van der Waals surface area (Å²) in [5.41, 5.74) is 6.16. The van der Waals surface area contributed by atoms with Gasteiger partial charge in [-0.05, 0) is 42.8 Å². The van der Waals surface area contributed by atoms with Crippen molar-refractivity contribution in [3.8, 4) is 5.75 Å². The highest BCUT2D eigenvalue weighted by Crippen LogP contribution is 2.11. The Morgan fingerprint density at radius 2 is 2.14 bits per heavy atom. The number of ether oxygens (including phenoxy) is 2. The van der Waals surface area contributed by atoms with Crippen LogP contribution in [0.25, 0.3) is 0 Å². The first-order valence-corrected chi connectivity index (χ1v) is 7.65. The maximum absolute atomic E-state index is 11.8. The van der Waals surface area contributed by atoms with Crippen molar-refractivity contribution >= 4 is 23.2 Å². The van der Waals surface area contributed by atoms with Crippen molar-refractivity contribution in [2.75, 3.05) is 20.3 Å². The second kappa shape index (κ2) is 8.55. The highest BCUT2D eigenvalue weighted by molar-refractivity contribution is 7.80. The molecule has 0 bridgehead atoms. The van der Waals surface area contributed by atoms with Crippen LogP contribution in [0.15, 0.2) is 24.3 Å². The average molecular weight is 323 g/mol. The topological polar surface area (TPSA) is 71.6 Å². The molecule has 1 saturated heterocycles. The second-order valence-corrected chi connectivity index (χ2v) is 5.45. The zero-order valence-electron chi connectivity index (χ0n) is 12.6. The lowest BCUT2D eigenvalue weighted by atomic mass is 10.1. The molecule has 2 rings (SSSR count). The normalized spacial score (nSPS) is 16.9. The molecule has 1 aromatic rings. The summed E-state index contributed by atoms with van der Waals surface area (Å²) in [6, 6.07) is 7.35. The Balaban J connectivity index is 1.64. The summed E-state index contributed by atoms with van der Waals surface area (Å²) < 4.78 is 10.6. The Labute approximate surface area is 135 Å². The molecule has 6 nitrogen and oxygen atoms in total. The molecular weight excluding hydrogens is 302 g/mol. The van der Waals surface area contributed by atoms with Gasteiger partial charge in [0.25, 0.3) is 0 Å². The van der Waals surface area contributed by atoms with Gasteiger partial charge in [0.2, 0.25) is 5.91 Å². The zero-order valence-corrected chi connectivity index (χ0v) is 13.4. The van der Waals surface area contributed by atoms with Gasteiger partial charge >= 0.3 is 0 Å². The molecule has 0 aliphatic carbocycles. The van der Waals surface area contributed by atoms with Crippen LogP contribution in [0.4, 0.5) is 0 Å². The minimum Gasteiger partial charge on any atom is -0.497 e. The van der Waals surface area contributed by atoms with Crippen molar-refractivity contribution in [3.05, 3.63) is 29.8 Å². The van der Waals surface area contributed by atoms with Crippen molar-refractivity contribution in [2.45, 2.75) is 25.4 Å². The van der Waals surface area contributed by atoms with Crippen LogP contribution in [0.5, 0.6) is 5.75 Å². The molecule has 1 amide bonds. The summed E-state index contributed by atoms with van der Waals surface area (Å²) in [6.07, 6.45) is 2.60. The molecule has 0 spiro atoms. The van der Waals surface area contributed by atoms with Gasteiger partial charge < -0.3 is 14.8 Å². The number of hydrazine groups is 1.